The summed E-state index contributed by atoms with van der Waals surface area (Å²) in [6.45, 7) is 12.1. The van der Waals surface area contributed by atoms with Crippen LogP contribution in [0, 0.1) is 17.8 Å². The number of fused-ring (bicyclic) bond motifs is 5. The Morgan fingerprint density at radius 3 is 2.52 bits per heavy atom. The predicted octanol–water partition coefficient (Wildman–Crippen LogP) is 6.20. The molecule has 1 saturated heterocycles. The van der Waals surface area contributed by atoms with Crippen molar-refractivity contribution in [1.82, 2.24) is 5.32 Å². The number of esters is 1. The highest BCUT2D eigenvalue weighted by molar-refractivity contribution is 6.38. The first-order valence-corrected chi connectivity index (χ1v) is 16.2. The standard InChI is InChI=1S/C37H42N4O5/c1-8-21-28-14-29-23(11-17(2)3)25(16-42)30(39-29)15-31-34(20(6)43)19(5)27(38-31)13-26-18(4)22(9-10-33(45)46-7)36(40-26)24-12-32(44)35(21)37(24)41-28/h13-18,20,22,40,42-43H,8-12H2,1-7H3/b25-16-,26-13?,28-14?,31-15?,36-24?/t18-,20?,22-/m0/s1. The molecule has 9 heteroatoms. The van der Waals surface area contributed by atoms with Crippen LogP contribution >= 0.6 is 0 Å². The molecule has 1 unspecified atom stereocenters. The van der Waals surface area contributed by atoms with E-state index in [1.807, 2.05) is 32.1 Å². The van der Waals surface area contributed by atoms with Gasteiger partial charge in [0, 0.05) is 58.4 Å². The topological polar surface area (TPSA) is 133 Å². The van der Waals surface area contributed by atoms with Gasteiger partial charge < -0.3 is 20.3 Å². The normalized spacial score (nSPS) is 25.3. The number of ether oxygens (including phenoxy) is 1. The fourth-order valence-corrected chi connectivity index (χ4v) is 7.47. The SMILES string of the molecule is CCC1=C2C(=O)CC3=C4NC(=CC5=NC(=CC6=NC(=C(CC(C)C)/C6=C/O)C=C1N=C32)C(C(C)O)=C5C)[C@@H](C)[C@@H]4CCC(=O)OC. The number of aliphatic hydroxyl groups is 2. The van der Waals surface area contributed by atoms with Crippen molar-refractivity contribution in [2.45, 2.75) is 79.8 Å². The first-order valence-electron chi connectivity index (χ1n) is 16.2. The van der Waals surface area contributed by atoms with Crippen molar-refractivity contribution in [2.24, 2.45) is 32.7 Å². The number of nitrogens with zero attached hydrogens (tertiary/aromatic N) is 3. The molecule has 6 aliphatic rings. The van der Waals surface area contributed by atoms with Gasteiger partial charge in [-0.3, -0.25) is 9.59 Å². The van der Waals surface area contributed by atoms with E-state index in [1.54, 1.807) is 6.92 Å². The van der Waals surface area contributed by atoms with Crippen molar-refractivity contribution >= 4 is 28.9 Å². The maximum absolute atomic E-state index is 13.7. The van der Waals surface area contributed by atoms with Crippen LogP contribution in [0.2, 0.25) is 0 Å². The summed E-state index contributed by atoms with van der Waals surface area (Å²) in [7, 11) is 1.40. The first-order chi connectivity index (χ1) is 22.0. The van der Waals surface area contributed by atoms with Crippen LogP contribution < -0.4 is 5.32 Å². The van der Waals surface area contributed by atoms with Crippen LogP contribution in [0.1, 0.15) is 73.6 Å². The molecule has 240 valence electrons. The molecule has 3 N–H and O–H groups in total. The Balaban J connectivity index is 1.64. The van der Waals surface area contributed by atoms with Crippen molar-refractivity contribution in [2.75, 3.05) is 7.11 Å². The van der Waals surface area contributed by atoms with Gasteiger partial charge >= 0.3 is 5.97 Å². The molecular formula is C37H42N4O5. The molecule has 2 fully saturated rings. The van der Waals surface area contributed by atoms with E-state index < -0.39 is 6.10 Å². The van der Waals surface area contributed by atoms with Gasteiger partial charge in [-0.25, -0.2) is 15.0 Å². The number of hydrogen-bond acceptors (Lipinski definition) is 9. The van der Waals surface area contributed by atoms with Crippen molar-refractivity contribution in [1.29, 1.82) is 0 Å². The van der Waals surface area contributed by atoms with E-state index >= 15 is 0 Å². The fourth-order valence-electron chi connectivity index (χ4n) is 7.47. The summed E-state index contributed by atoms with van der Waals surface area (Å²) in [6.07, 6.45) is 8.43. The predicted molar refractivity (Wildman–Crippen MR) is 179 cm³/mol. The third kappa shape index (κ3) is 5.20. The van der Waals surface area contributed by atoms with E-state index in [9.17, 15) is 19.8 Å². The molecule has 0 aromatic rings. The number of rotatable bonds is 7. The molecule has 1 saturated carbocycles. The Morgan fingerprint density at radius 2 is 1.87 bits per heavy atom. The second-order valence-corrected chi connectivity index (χ2v) is 13.2. The van der Waals surface area contributed by atoms with Crippen LogP contribution in [0.15, 0.2) is 107 Å². The van der Waals surface area contributed by atoms with Gasteiger partial charge in [0.25, 0.3) is 0 Å². The number of aliphatic imine (C=N–C) groups is 3. The summed E-state index contributed by atoms with van der Waals surface area (Å²) < 4.78 is 4.97. The fraction of sp³-hybridized carbons (Fsp3) is 0.432. The lowest BCUT2D eigenvalue weighted by molar-refractivity contribution is -0.140. The quantitative estimate of drug-likeness (QED) is 0.229. The summed E-state index contributed by atoms with van der Waals surface area (Å²) in [5.74, 6) is -0.0343. The van der Waals surface area contributed by atoms with Crippen LogP contribution in [0.4, 0.5) is 0 Å². The highest BCUT2D eigenvalue weighted by Gasteiger charge is 2.43. The lowest BCUT2D eigenvalue weighted by Gasteiger charge is -2.17. The molecule has 46 heavy (non-hydrogen) atoms. The minimum Gasteiger partial charge on any atom is -0.515 e. The van der Waals surface area contributed by atoms with E-state index in [-0.39, 0.29) is 42.3 Å². The smallest absolute Gasteiger partial charge is 0.305 e. The number of allylic oxidation sites excluding steroid dienone is 11. The molecule has 0 radical (unpaired) electrons. The number of nitrogens with one attached hydrogen (secondary N) is 1. The van der Waals surface area contributed by atoms with Crippen molar-refractivity contribution in [3.8, 4) is 0 Å². The largest absolute Gasteiger partial charge is 0.515 e. The minimum atomic E-state index is -0.785. The van der Waals surface area contributed by atoms with Crippen molar-refractivity contribution in [3.05, 3.63) is 92.0 Å². The zero-order valence-electron chi connectivity index (χ0n) is 27.6. The third-order valence-electron chi connectivity index (χ3n) is 9.75. The van der Waals surface area contributed by atoms with Gasteiger partial charge in [-0.15, -0.1) is 0 Å². The number of aliphatic hydroxyl groups excluding tert-OH is 2. The molecule has 1 aliphatic carbocycles. The molecule has 5 aliphatic heterocycles. The van der Waals surface area contributed by atoms with E-state index in [4.69, 9.17) is 19.7 Å². The van der Waals surface area contributed by atoms with Crippen LogP contribution in [0.5, 0.6) is 0 Å². The number of Topliss-reactive ketones (excluding diaryl/α,β-unsaturated/α-hetero) is 1. The number of ketones is 1. The Bertz CT molecular complexity index is 1800. The monoisotopic (exact) mass is 622 g/mol. The average molecular weight is 623 g/mol. The molecule has 0 aromatic heterocycles. The Hall–Kier alpha value is -4.37. The highest BCUT2D eigenvalue weighted by Crippen LogP contribution is 2.46. The molecule has 8 bridgehead atoms. The van der Waals surface area contributed by atoms with E-state index in [0.29, 0.717) is 70.2 Å². The zero-order valence-corrected chi connectivity index (χ0v) is 27.6. The van der Waals surface area contributed by atoms with Crippen LogP contribution in [0.25, 0.3) is 0 Å². The highest BCUT2D eigenvalue weighted by atomic mass is 16.5. The Labute approximate surface area is 270 Å². The van der Waals surface area contributed by atoms with Crippen molar-refractivity contribution in [3.63, 3.8) is 0 Å². The summed E-state index contributed by atoms with van der Waals surface area (Å²) in [5.41, 5.74) is 11.2. The maximum atomic E-state index is 13.7. The molecule has 0 aromatic carbocycles. The Kier molecular flexibility index (Phi) is 8.31. The van der Waals surface area contributed by atoms with Crippen LogP contribution in [-0.4, -0.2) is 52.3 Å². The van der Waals surface area contributed by atoms with Gasteiger partial charge in [0.2, 0.25) is 0 Å². The number of carbonyl (C=O) groups is 2. The Morgan fingerprint density at radius 1 is 1.11 bits per heavy atom. The van der Waals surface area contributed by atoms with Crippen molar-refractivity contribution < 1.29 is 24.5 Å². The molecule has 9 nitrogen and oxygen atoms in total. The van der Waals surface area contributed by atoms with Gasteiger partial charge in [0.05, 0.1) is 53.7 Å². The van der Waals surface area contributed by atoms with E-state index in [0.717, 1.165) is 39.9 Å². The third-order valence-corrected chi connectivity index (χ3v) is 9.75. The lowest BCUT2D eigenvalue weighted by atomic mass is 9.86. The number of hydrogen-bond donors (Lipinski definition) is 3. The summed E-state index contributed by atoms with van der Waals surface area (Å²) in [6, 6.07) is 0. The molecular weight excluding hydrogens is 580 g/mol. The van der Waals surface area contributed by atoms with E-state index in [1.165, 1.54) is 7.11 Å². The van der Waals surface area contributed by atoms with Gasteiger partial charge in [-0.1, -0.05) is 27.7 Å². The van der Waals surface area contributed by atoms with Gasteiger partial charge in [0.1, 0.15) is 0 Å². The zero-order chi connectivity index (χ0) is 33.0. The van der Waals surface area contributed by atoms with Crippen LogP contribution in [0.3, 0.4) is 0 Å². The summed E-state index contributed by atoms with van der Waals surface area (Å²) in [4.78, 5) is 41.1. The summed E-state index contributed by atoms with van der Waals surface area (Å²) >= 11 is 0. The van der Waals surface area contributed by atoms with Gasteiger partial charge in [-0.2, -0.15) is 0 Å². The van der Waals surface area contributed by atoms with Crippen LogP contribution in [-0.2, 0) is 14.3 Å². The first kappa shape index (κ1) is 31.6. The molecule has 6 rings (SSSR count). The molecule has 5 heterocycles. The molecule has 0 amide bonds. The maximum Gasteiger partial charge on any atom is 0.305 e. The lowest BCUT2D eigenvalue weighted by Crippen LogP contribution is -2.15. The summed E-state index contributed by atoms with van der Waals surface area (Å²) in [5, 5.41) is 25.0. The molecule has 0 spiro atoms. The number of carbonyl (C=O) groups excluding carboxylic acids is 2. The number of methoxy groups -OCH3 is 1. The average Bonchev–Trinajstić information content (AvgIpc) is 3.77. The molecule has 3 atom stereocenters. The second kappa shape index (κ2) is 12.1. The van der Waals surface area contributed by atoms with Gasteiger partial charge in [-0.05, 0) is 74.0 Å². The van der Waals surface area contributed by atoms with E-state index in [2.05, 4.69) is 26.1 Å². The second-order valence-electron chi connectivity index (χ2n) is 13.2. The van der Waals surface area contributed by atoms with Gasteiger partial charge in [0.15, 0.2) is 5.78 Å². The minimum absolute atomic E-state index is 0.0137.